The van der Waals surface area contributed by atoms with Crippen LogP contribution in [-0.2, 0) is 0 Å². The van der Waals surface area contributed by atoms with E-state index in [-0.39, 0.29) is 0 Å². The molecular formula is C21H14Cl2N4O2. The normalized spacial score (nSPS) is 11.1. The van der Waals surface area contributed by atoms with E-state index in [0.29, 0.717) is 38.5 Å². The van der Waals surface area contributed by atoms with Gasteiger partial charge in [-0.2, -0.15) is 10.2 Å². The van der Waals surface area contributed by atoms with Gasteiger partial charge in [-0.25, -0.2) is 5.43 Å². The van der Waals surface area contributed by atoms with Gasteiger partial charge in [-0.15, -0.1) is 0 Å². The van der Waals surface area contributed by atoms with Crippen molar-refractivity contribution < 1.29 is 9.21 Å². The molecule has 144 valence electrons. The third-order valence-corrected chi connectivity index (χ3v) is 4.91. The molecule has 0 spiro atoms. The number of halogens is 2. The fourth-order valence-corrected chi connectivity index (χ4v) is 3.06. The first-order valence-electron chi connectivity index (χ1n) is 8.60. The Kier molecular flexibility index (Phi) is 5.46. The minimum atomic E-state index is -0.416. The van der Waals surface area contributed by atoms with E-state index < -0.39 is 5.91 Å². The molecule has 6 nitrogen and oxygen atoms in total. The molecule has 8 heteroatoms. The summed E-state index contributed by atoms with van der Waals surface area (Å²) in [6, 6.07) is 20.0. The molecule has 4 rings (SSSR count). The predicted octanol–water partition coefficient (Wildman–Crippen LogP) is 5.41. The largest absolute Gasteiger partial charge is 0.455 e. The average molecular weight is 425 g/mol. The lowest BCUT2D eigenvalue weighted by Crippen LogP contribution is -2.17. The maximum absolute atomic E-state index is 12.2. The van der Waals surface area contributed by atoms with Gasteiger partial charge in [-0.05, 0) is 30.3 Å². The number of aromatic amines is 1. The number of carbonyl (C=O) groups excluding carboxylic acids is 1. The highest BCUT2D eigenvalue weighted by Crippen LogP contribution is 2.34. The minimum Gasteiger partial charge on any atom is -0.455 e. The summed E-state index contributed by atoms with van der Waals surface area (Å²) in [7, 11) is 0. The van der Waals surface area contributed by atoms with E-state index in [9.17, 15) is 4.79 Å². The number of benzene rings is 2. The summed E-state index contributed by atoms with van der Waals surface area (Å²) in [6.45, 7) is 0. The average Bonchev–Trinajstić information content (AvgIpc) is 3.41. The quantitative estimate of drug-likeness (QED) is 0.331. The molecule has 29 heavy (non-hydrogen) atoms. The Morgan fingerprint density at radius 3 is 2.72 bits per heavy atom. The lowest BCUT2D eigenvalue weighted by molar-refractivity contribution is 0.0950. The molecule has 0 atom stereocenters. The molecule has 0 aliphatic heterocycles. The van der Waals surface area contributed by atoms with Gasteiger partial charge in [-0.3, -0.25) is 9.89 Å². The molecule has 0 radical (unpaired) electrons. The standard InChI is InChI=1S/C21H14Cl2N4O2/c22-16-8-4-7-15(20(16)23)19-10-9-14(29-19)12-24-27-21(28)18-11-17(25-26-18)13-5-2-1-3-6-13/h1-12H,(H,25,26)(H,27,28). The van der Waals surface area contributed by atoms with E-state index in [1.807, 2.05) is 30.3 Å². The maximum atomic E-state index is 12.2. The molecule has 0 aliphatic rings. The molecule has 0 saturated carbocycles. The third kappa shape index (κ3) is 4.23. The molecule has 0 aliphatic carbocycles. The molecule has 0 bridgehead atoms. The highest BCUT2D eigenvalue weighted by Gasteiger charge is 2.12. The van der Waals surface area contributed by atoms with Crippen LogP contribution in [-0.4, -0.2) is 22.3 Å². The Morgan fingerprint density at radius 2 is 1.90 bits per heavy atom. The van der Waals surface area contributed by atoms with Crippen molar-refractivity contribution in [2.75, 3.05) is 0 Å². The van der Waals surface area contributed by atoms with Crippen LogP contribution < -0.4 is 5.43 Å². The van der Waals surface area contributed by atoms with E-state index in [1.54, 1.807) is 36.4 Å². The van der Waals surface area contributed by atoms with Crippen molar-refractivity contribution in [3.05, 3.63) is 88.2 Å². The SMILES string of the molecule is O=C(NN=Cc1ccc(-c2cccc(Cl)c2Cl)o1)c1cc(-c2ccccc2)n[nH]1. The van der Waals surface area contributed by atoms with E-state index in [1.165, 1.54) is 6.21 Å². The second kappa shape index (κ2) is 8.34. The van der Waals surface area contributed by atoms with Crippen LogP contribution in [0.4, 0.5) is 0 Å². The molecule has 0 unspecified atom stereocenters. The second-order valence-electron chi connectivity index (χ2n) is 6.04. The topological polar surface area (TPSA) is 83.3 Å². The van der Waals surface area contributed by atoms with E-state index in [4.69, 9.17) is 27.6 Å². The van der Waals surface area contributed by atoms with Crippen molar-refractivity contribution in [1.29, 1.82) is 0 Å². The van der Waals surface area contributed by atoms with Crippen LogP contribution in [0, 0.1) is 0 Å². The lowest BCUT2D eigenvalue weighted by atomic mass is 10.1. The summed E-state index contributed by atoms with van der Waals surface area (Å²) in [6.07, 6.45) is 1.40. The van der Waals surface area contributed by atoms with Gasteiger partial charge in [0.25, 0.3) is 5.91 Å². The van der Waals surface area contributed by atoms with Gasteiger partial charge >= 0.3 is 0 Å². The molecule has 4 aromatic rings. The Bertz CT molecular complexity index is 1180. The molecule has 2 heterocycles. The third-order valence-electron chi connectivity index (χ3n) is 4.09. The van der Waals surface area contributed by atoms with Crippen molar-refractivity contribution >= 4 is 35.3 Å². The molecule has 2 aromatic heterocycles. The van der Waals surface area contributed by atoms with Crippen molar-refractivity contribution in [2.24, 2.45) is 5.10 Å². The van der Waals surface area contributed by atoms with Crippen LogP contribution in [0.5, 0.6) is 0 Å². The monoisotopic (exact) mass is 424 g/mol. The maximum Gasteiger partial charge on any atom is 0.289 e. The van der Waals surface area contributed by atoms with Crippen LogP contribution in [0.25, 0.3) is 22.6 Å². The number of aromatic nitrogens is 2. The number of hydrogen-bond acceptors (Lipinski definition) is 4. The number of rotatable bonds is 5. The zero-order valence-electron chi connectivity index (χ0n) is 14.9. The van der Waals surface area contributed by atoms with Gasteiger partial charge in [0.15, 0.2) is 0 Å². The van der Waals surface area contributed by atoms with Gasteiger partial charge < -0.3 is 4.42 Å². The van der Waals surface area contributed by atoms with Gasteiger partial charge in [0.2, 0.25) is 0 Å². The first kappa shape index (κ1) is 19.0. The van der Waals surface area contributed by atoms with Crippen molar-refractivity contribution in [3.63, 3.8) is 0 Å². The highest BCUT2D eigenvalue weighted by atomic mass is 35.5. The van der Waals surface area contributed by atoms with Crippen molar-refractivity contribution in [2.45, 2.75) is 0 Å². The van der Waals surface area contributed by atoms with Crippen LogP contribution in [0.3, 0.4) is 0 Å². The van der Waals surface area contributed by atoms with Crippen LogP contribution in [0.2, 0.25) is 10.0 Å². The van der Waals surface area contributed by atoms with Gasteiger partial charge in [0.1, 0.15) is 17.2 Å². The molecule has 0 fully saturated rings. The Labute approximate surface area is 176 Å². The molecule has 1 amide bonds. The van der Waals surface area contributed by atoms with Gasteiger partial charge in [0, 0.05) is 11.1 Å². The van der Waals surface area contributed by atoms with Crippen LogP contribution in [0.1, 0.15) is 16.2 Å². The van der Waals surface area contributed by atoms with Crippen molar-refractivity contribution in [1.82, 2.24) is 15.6 Å². The van der Waals surface area contributed by atoms with Crippen LogP contribution in [0.15, 0.2) is 76.2 Å². The predicted molar refractivity (Wildman–Crippen MR) is 113 cm³/mol. The van der Waals surface area contributed by atoms with Crippen molar-refractivity contribution in [3.8, 4) is 22.6 Å². The summed E-state index contributed by atoms with van der Waals surface area (Å²) >= 11 is 12.2. The summed E-state index contributed by atoms with van der Waals surface area (Å²) in [5.41, 5.74) is 4.99. The zero-order chi connectivity index (χ0) is 20.2. The first-order valence-corrected chi connectivity index (χ1v) is 9.36. The van der Waals surface area contributed by atoms with E-state index in [2.05, 4.69) is 20.7 Å². The second-order valence-corrected chi connectivity index (χ2v) is 6.82. The number of nitrogens with one attached hydrogen (secondary N) is 2. The summed E-state index contributed by atoms with van der Waals surface area (Å²) in [4.78, 5) is 12.2. The number of hydrogen-bond donors (Lipinski definition) is 2. The Hall–Kier alpha value is -3.35. The zero-order valence-corrected chi connectivity index (χ0v) is 16.4. The fraction of sp³-hybridized carbons (Fsp3) is 0. The Balaban J connectivity index is 1.42. The highest BCUT2D eigenvalue weighted by molar-refractivity contribution is 6.43. The summed E-state index contributed by atoms with van der Waals surface area (Å²) in [5, 5.41) is 11.6. The summed E-state index contributed by atoms with van der Waals surface area (Å²) < 4.78 is 5.69. The number of hydrazone groups is 1. The Morgan fingerprint density at radius 1 is 1.07 bits per heavy atom. The number of furan rings is 1. The fourth-order valence-electron chi connectivity index (χ4n) is 2.67. The molecule has 2 N–H and O–H groups in total. The number of amides is 1. The lowest BCUT2D eigenvalue weighted by Gasteiger charge is -2.01. The molecule has 0 saturated heterocycles. The minimum absolute atomic E-state index is 0.298. The van der Waals surface area contributed by atoms with Gasteiger partial charge in [-0.1, -0.05) is 59.6 Å². The number of nitrogens with zero attached hydrogens (tertiary/aromatic N) is 2. The molecular weight excluding hydrogens is 411 g/mol. The van der Waals surface area contributed by atoms with E-state index in [0.717, 1.165) is 5.56 Å². The smallest absolute Gasteiger partial charge is 0.289 e. The molecule has 2 aromatic carbocycles. The van der Waals surface area contributed by atoms with Gasteiger partial charge in [0.05, 0.1) is 22.0 Å². The van der Waals surface area contributed by atoms with E-state index >= 15 is 0 Å². The number of H-pyrrole nitrogens is 1. The number of carbonyl (C=O) groups is 1. The van der Waals surface area contributed by atoms with Crippen LogP contribution >= 0.6 is 23.2 Å². The first-order chi connectivity index (χ1) is 14.1. The summed E-state index contributed by atoms with van der Waals surface area (Å²) in [5.74, 6) is 0.581.